The Morgan fingerprint density at radius 1 is 1.05 bits per heavy atom. The minimum absolute atomic E-state index is 0.275. The molecule has 2 rings (SSSR count). The molecule has 20 heavy (non-hydrogen) atoms. The number of nitrogens with one attached hydrogen (secondary N) is 1. The van der Waals surface area contributed by atoms with Crippen molar-refractivity contribution in [3.8, 4) is 11.5 Å². The number of halogens is 1. The Kier molecular flexibility index (Phi) is 4.48. The van der Waals surface area contributed by atoms with Crippen LogP contribution in [0.1, 0.15) is 10.4 Å². The molecule has 0 fully saturated rings. The fourth-order valence-electron chi connectivity index (χ4n) is 1.76. The molecule has 0 aliphatic heterocycles. The minimum atomic E-state index is -0.275. The van der Waals surface area contributed by atoms with Crippen molar-refractivity contribution in [1.29, 1.82) is 0 Å². The smallest absolute Gasteiger partial charge is 0.257 e. The first-order valence-corrected chi connectivity index (χ1v) is 6.31. The van der Waals surface area contributed by atoms with Crippen LogP contribution in [0, 0.1) is 0 Å². The van der Waals surface area contributed by atoms with Gasteiger partial charge >= 0.3 is 0 Å². The lowest BCUT2D eigenvalue weighted by atomic mass is 10.2. The van der Waals surface area contributed by atoms with Crippen LogP contribution in [0.4, 0.5) is 5.69 Å². The molecule has 0 saturated heterocycles. The van der Waals surface area contributed by atoms with Gasteiger partial charge in [0.05, 0.1) is 24.8 Å². The number of methoxy groups -OCH3 is 2. The van der Waals surface area contributed by atoms with Crippen LogP contribution < -0.4 is 14.8 Å². The molecular formula is C15H14ClNO3. The molecule has 0 saturated carbocycles. The van der Waals surface area contributed by atoms with E-state index in [1.54, 1.807) is 49.6 Å². The van der Waals surface area contributed by atoms with Gasteiger partial charge in [0.1, 0.15) is 0 Å². The monoisotopic (exact) mass is 291 g/mol. The van der Waals surface area contributed by atoms with Crippen molar-refractivity contribution in [1.82, 2.24) is 0 Å². The Morgan fingerprint density at radius 2 is 1.75 bits per heavy atom. The fourth-order valence-corrected chi connectivity index (χ4v) is 1.98. The lowest BCUT2D eigenvalue weighted by molar-refractivity contribution is 0.102. The van der Waals surface area contributed by atoms with E-state index in [-0.39, 0.29) is 5.91 Å². The van der Waals surface area contributed by atoms with E-state index >= 15 is 0 Å². The van der Waals surface area contributed by atoms with Crippen molar-refractivity contribution < 1.29 is 14.3 Å². The van der Waals surface area contributed by atoms with Crippen molar-refractivity contribution in [2.24, 2.45) is 0 Å². The lowest BCUT2D eigenvalue weighted by Gasteiger charge is -2.11. The van der Waals surface area contributed by atoms with Gasteiger partial charge in [0, 0.05) is 11.8 Å². The Bertz CT molecular complexity index is 628. The third kappa shape index (κ3) is 3.03. The summed E-state index contributed by atoms with van der Waals surface area (Å²) in [5.41, 5.74) is 1.02. The zero-order valence-corrected chi connectivity index (χ0v) is 11.9. The summed E-state index contributed by atoms with van der Waals surface area (Å²) in [6.07, 6.45) is 0. The van der Waals surface area contributed by atoms with Gasteiger partial charge in [-0.1, -0.05) is 23.7 Å². The normalized spacial score (nSPS) is 9.95. The molecule has 0 spiro atoms. The summed E-state index contributed by atoms with van der Waals surface area (Å²) in [6.45, 7) is 0. The molecule has 0 aromatic heterocycles. The van der Waals surface area contributed by atoms with E-state index in [4.69, 9.17) is 21.1 Å². The van der Waals surface area contributed by atoms with Gasteiger partial charge < -0.3 is 14.8 Å². The zero-order chi connectivity index (χ0) is 14.5. The highest BCUT2D eigenvalue weighted by atomic mass is 35.5. The first kappa shape index (κ1) is 14.2. The second-order valence-corrected chi connectivity index (χ2v) is 4.41. The van der Waals surface area contributed by atoms with Crippen LogP contribution in [-0.4, -0.2) is 20.1 Å². The Balaban J connectivity index is 2.22. The molecule has 0 aliphatic carbocycles. The van der Waals surface area contributed by atoms with Gasteiger partial charge in [0.25, 0.3) is 5.91 Å². The highest BCUT2D eigenvalue weighted by Crippen LogP contribution is 2.30. The van der Waals surface area contributed by atoms with E-state index in [1.807, 2.05) is 0 Å². The molecule has 4 nitrogen and oxygen atoms in total. The van der Waals surface area contributed by atoms with Gasteiger partial charge in [-0.15, -0.1) is 0 Å². The maximum atomic E-state index is 12.1. The van der Waals surface area contributed by atoms with Gasteiger partial charge in [0.2, 0.25) is 0 Å². The lowest BCUT2D eigenvalue weighted by Crippen LogP contribution is -2.12. The molecule has 0 unspecified atom stereocenters. The van der Waals surface area contributed by atoms with E-state index in [0.717, 1.165) is 0 Å². The molecule has 2 aromatic carbocycles. The average molecular weight is 292 g/mol. The average Bonchev–Trinajstić information content (AvgIpc) is 2.47. The molecule has 0 atom stereocenters. The Labute approximate surface area is 122 Å². The van der Waals surface area contributed by atoms with Crippen LogP contribution in [0.5, 0.6) is 11.5 Å². The van der Waals surface area contributed by atoms with Gasteiger partial charge in [-0.05, 0) is 24.3 Å². The zero-order valence-electron chi connectivity index (χ0n) is 11.1. The van der Waals surface area contributed by atoms with Gasteiger partial charge in [-0.2, -0.15) is 0 Å². The van der Waals surface area contributed by atoms with E-state index in [1.165, 1.54) is 7.11 Å². The highest BCUT2D eigenvalue weighted by Gasteiger charge is 2.11. The molecule has 2 aromatic rings. The summed E-state index contributed by atoms with van der Waals surface area (Å²) in [4.78, 5) is 12.1. The van der Waals surface area contributed by atoms with E-state index in [0.29, 0.717) is 27.8 Å². The van der Waals surface area contributed by atoms with Crippen molar-refractivity contribution in [3.63, 3.8) is 0 Å². The molecule has 0 bridgehead atoms. The third-order valence-corrected chi connectivity index (χ3v) is 3.09. The van der Waals surface area contributed by atoms with Crippen LogP contribution in [0.25, 0.3) is 0 Å². The molecular weight excluding hydrogens is 278 g/mol. The molecule has 1 N–H and O–H groups in total. The molecule has 1 amide bonds. The fraction of sp³-hybridized carbons (Fsp3) is 0.133. The topological polar surface area (TPSA) is 47.6 Å². The molecule has 0 aliphatic rings. The van der Waals surface area contributed by atoms with Gasteiger partial charge in [-0.25, -0.2) is 0 Å². The first-order chi connectivity index (χ1) is 9.65. The number of benzene rings is 2. The summed E-state index contributed by atoms with van der Waals surface area (Å²) < 4.78 is 10.3. The molecule has 0 heterocycles. The van der Waals surface area contributed by atoms with E-state index < -0.39 is 0 Å². The molecule has 5 heteroatoms. The van der Waals surface area contributed by atoms with Crippen molar-refractivity contribution in [2.45, 2.75) is 0 Å². The predicted molar refractivity (Wildman–Crippen MR) is 79.0 cm³/mol. The number of hydrogen-bond acceptors (Lipinski definition) is 3. The van der Waals surface area contributed by atoms with Crippen molar-refractivity contribution >= 4 is 23.2 Å². The van der Waals surface area contributed by atoms with Gasteiger partial charge in [0.15, 0.2) is 11.5 Å². The number of hydrogen-bond donors (Lipinski definition) is 1. The number of anilines is 1. The van der Waals surface area contributed by atoms with Crippen LogP contribution in [0.3, 0.4) is 0 Å². The number of rotatable bonds is 4. The summed E-state index contributed by atoms with van der Waals surface area (Å²) in [5.74, 6) is 0.871. The van der Waals surface area contributed by atoms with Crippen LogP contribution in [0.2, 0.25) is 5.02 Å². The number of ether oxygens (including phenoxy) is 2. The van der Waals surface area contributed by atoms with Crippen LogP contribution >= 0.6 is 11.6 Å². The second-order valence-electron chi connectivity index (χ2n) is 4.00. The quantitative estimate of drug-likeness (QED) is 0.936. The summed E-state index contributed by atoms with van der Waals surface area (Å²) >= 11 is 5.99. The summed E-state index contributed by atoms with van der Waals surface area (Å²) in [6, 6.07) is 12.0. The van der Waals surface area contributed by atoms with Crippen molar-refractivity contribution in [2.75, 3.05) is 19.5 Å². The Morgan fingerprint density at radius 3 is 2.40 bits per heavy atom. The maximum absolute atomic E-state index is 12.1. The summed E-state index contributed by atoms with van der Waals surface area (Å²) in [5, 5.41) is 3.17. The first-order valence-electron chi connectivity index (χ1n) is 5.93. The minimum Gasteiger partial charge on any atom is -0.493 e. The number of carbonyl (C=O) groups excluding carboxylic acids is 1. The number of amides is 1. The molecule has 0 radical (unpaired) electrons. The number of carbonyl (C=O) groups is 1. The SMILES string of the molecule is COc1ccc(NC(=O)c2ccccc2Cl)cc1OC. The van der Waals surface area contributed by atoms with Crippen molar-refractivity contribution in [3.05, 3.63) is 53.1 Å². The Hall–Kier alpha value is -2.20. The predicted octanol–water partition coefficient (Wildman–Crippen LogP) is 3.61. The maximum Gasteiger partial charge on any atom is 0.257 e. The summed E-state index contributed by atoms with van der Waals surface area (Å²) in [7, 11) is 3.09. The van der Waals surface area contributed by atoms with Crippen LogP contribution in [-0.2, 0) is 0 Å². The van der Waals surface area contributed by atoms with E-state index in [2.05, 4.69) is 5.32 Å². The highest BCUT2D eigenvalue weighted by molar-refractivity contribution is 6.34. The standard InChI is InChI=1S/C15H14ClNO3/c1-19-13-8-7-10(9-14(13)20-2)17-15(18)11-5-3-4-6-12(11)16/h3-9H,1-2H3,(H,17,18). The largest absolute Gasteiger partial charge is 0.493 e. The third-order valence-electron chi connectivity index (χ3n) is 2.76. The van der Waals surface area contributed by atoms with Crippen LogP contribution in [0.15, 0.2) is 42.5 Å². The van der Waals surface area contributed by atoms with E-state index in [9.17, 15) is 4.79 Å². The van der Waals surface area contributed by atoms with Gasteiger partial charge in [-0.3, -0.25) is 4.79 Å². The molecule has 104 valence electrons. The second kappa shape index (κ2) is 6.30.